The summed E-state index contributed by atoms with van der Waals surface area (Å²) in [5.41, 5.74) is 1.80. The molecule has 1 saturated heterocycles. The molecule has 2 unspecified atom stereocenters. The van der Waals surface area contributed by atoms with Crippen molar-refractivity contribution in [2.45, 2.75) is 6.04 Å². The summed E-state index contributed by atoms with van der Waals surface area (Å²) < 4.78 is 24.2. The van der Waals surface area contributed by atoms with Gasteiger partial charge in [0.2, 0.25) is 0 Å². The van der Waals surface area contributed by atoms with Crippen molar-refractivity contribution in [3.8, 4) is 0 Å². The summed E-state index contributed by atoms with van der Waals surface area (Å²) in [5.74, 6) is 0. The highest BCUT2D eigenvalue weighted by atomic mass is 35.5. The molecular formula is C16H14Cl3N2O2S-. The Kier molecular flexibility index (Phi) is 5.70. The quantitative estimate of drug-likeness (QED) is 0.716. The molecule has 2 aromatic rings. The van der Waals surface area contributed by atoms with E-state index in [2.05, 4.69) is 4.90 Å². The predicted octanol–water partition coefficient (Wildman–Crippen LogP) is 4.30. The maximum Gasteiger partial charge on any atom is 0.0680 e. The van der Waals surface area contributed by atoms with E-state index in [1.807, 2.05) is 18.2 Å². The third-order valence-electron chi connectivity index (χ3n) is 4.03. The van der Waals surface area contributed by atoms with Crippen LogP contribution in [0.5, 0.6) is 0 Å². The van der Waals surface area contributed by atoms with Crippen LogP contribution in [-0.2, 0) is 11.3 Å². The SMILES string of the molecule is O=S([O-])N1CCN(c2ccc(Cl)cc2Cl)C(c2ccc(Cl)cc2)C1. The molecule has 0 radical (unpaired) electrons. The van der Waals surface area contributed by atoms with Crippen LogP contribution in [0, 0.1) is 0 Å². The van der Waals surface area contributed by atoms with E-state index < -0.39 is 11.3 Å². The van der Waals surface area contributed by atoms with Crippen molar-refractivity contribution in [3.63, 3.8) is 0 Å². The van der Waals surface area contributed by atoms with E-state index in [1.54, 1.807) is 24.3 Å². The molecule has 0 spiro atoms. The molecule has 0 amide bonds. The van der Waals surface area contributed by atoms with Crippen LogP contribution in [0.15, 0.2) is 42.5 Å². The van der Waals surface area contributed by atoms with Crippen molar-refractivity contribution >= 4 is 51.8 Å². The first-order chi connectivity index (χ1) is 11.5. The van der Waals surface area contributed by atoms with E-state index in [0.29, 0.717) is 34.7 Å². The number of anilines is 1. The zero-order valence-corrected chi connectivity index (χ0v) is 15.6. The van der Waals surface area contributed by atoms with Gasteiger partial charge >= 0.3 is 0 Å². The van der Waals surface area contributed by atoms with Crippen LogP contribution in [0.3, 0.4) is 0 Å². The number of rotatable bonds is 3. The molecule has 0 aromatic heterocycles. The van der Waals surface area contributed by atoms with Gasteiger partial charge in [0.05, 0.1) is 16.8 Å². The van der Waals surface area contributed by atoms with Crippen molar-refractivity contribution in [2.24, 2.45) is 0 Å². The van der Waals surface area contributed by atoms with Crippen LogP contribution in [0.1, 0.15) is 11.6 Å². The summed E-state index contributed by atoms with van der Waals surface area (Å²) >= 11 is 16.1. The Morgan fingerprint density at radius 2 is 1.67 bits per heavy atom. The molecule has 8 heteroatoms. The minimum atomic E-state index is -2.25. The molecule has 2 atom stereocenters. The molecule has 3 rings (SSSR count). The highest BCUT2D eigenvalue weighted by Gasteiger charge is 2.30. The summed E-state index contributed by atoms with van der Waals surface area (Å²) in [5, 5.41) is 1.74. The molecule has 1 aliphatic rings. The maximum atomic E-state index is 11.4. The molecule has 0 aliphatic carbocycles. The Hall–Kier alpha value is -0.820. The van der Waals surface area contributed by atoms with Crippen molar-refractivity contribution in [1.82, 2.24) is 4.31 Å². The lowest BCUT2D eigenvalue weighted by Crippen LogP contribution is -2.49. The molecule has 0 N–H and O–H groups in total. The first-order valence-electron chi connectivity index (χ1n) is 7.27. The predicted molar refractivity (Wildman–Crippen MR) is 98.5 cm³/mol. The zero-order chi connectivity index (χ0) is 17.3. The van der Waals surface area contributed by atoms with Crippen LogP contribution in [0.25, 0.3) is 0 Å². The first-order valence-corrected chi connectivity index (χ1v) is 9.44. The van der Waals surface area contributed by atoms with Gasteiger partial charge in [0.25, 0.3) is 0 Å². The minimum Gasteiger partial charge on any atom is -0.760 e. The van der Waals surface area contributed by atoms with Crippen LogP contribution < -0.4 is 4.90 Å². The normalized spacial score (nSPS) is 20.2. The zero-order valence-electron chi connectivity index (χ0n) is 12.5. The lowest BCUT2D eigenvalue weighted by molar-refractivity contribution is 0.324. The second kappa shape index (κ2) is 7.60. The molecule has 1 heterocycles. The lowest BCUT2D eigenvalue weighted by Gasteiger charge is -2.43. The fourth-order valence-corrected chi connectivity index (χ4v) is 4.00. The fraction of sp³-hybridized carbons (Fsp3) is 0.250. The van der Waals surface area contributed by atoms with Gasteiger partial charge in [-0.25, -0.2) is 4.31 Å². The van der Waals surface area contributed by atoms with Crippen molar-refractivity contribution in [1.29, 1.82) is 0 Å². The smallest absolute Gasteiger partial charge is 0.0680 e. The summed E-state index contributed by atoms with van der Waals surface area (Å²) in [4.78, 5) is 2.10. The van der Waals surface area contributed by atoms with E-state index in [9.17, 15) is 8.76 Å². The summed E-state index contributed by atoms with van der Waals surface area (Å²) in [6.07, 6.45) is 0. The number of halogens is 3. The van der Waals surface area contributed by atoms with Crippen LogP contribution >= 0.6 is 34.8 Å². The highest BCUT2D eigenvalue weighted by Crippen LogP contribution is 2.36. The van der Waals surface area contributed by atoms with Crippen LogP contribution in [0.4, 0.5) is 5.69 Å². The lowest BCUT2D eigenvalue weighted by atomic mass is 10.0. The molecule has 2 aromatic carbocycles. The Morgan fingerprint density at radius 3 is 2.29 bits per heavy atom. The number of hydrogen-bond acceptors (Lipinski definition) is 3. The van der Waals surface area contributed by atoms with Gasteiger partial charge in [-0.15, -0.1) is 0 Å². The largest absolute Gasteiger partial charge is 0.760 e. The first kappa shape index (κ1) is 18.0. The second-order valence-electron chi connectivity index (χ2n) is 5.46. The Labute approximate surface area is 158 Å². The van der Waals surface area contributed by atoms with E-state index >= 15 is 0 Å². The third kappa shape index (κ3) is 3.87. The molecule has 1 fully saturated rings. The molecule has 24 heavy (non-hydrogen) atoms. The number of piperazine rings is 1. The topological polar surface area (TPSA) is 46.6 Å². The molecular weight excluding hydrogens is 391 g/mol. The van der Waals surface area contributed by atoms with Gasteiger partial charge in [-0.3, -0.25) is 4.21 Å². The summed E-state index contributed by atoms with van der Waals surface area (Å²) in [7, 11) is 0. The molecule has 128 valence electrons. The minimum absolute atomic E-state index is 0.160. The van der Waals surface area contributed by atoms with Gasteiger partial charge in [0.1, 0.15) is 0 Å². The molecule has 1 aliphatic heterocycles. The van der Waals surface area contributed by atoms with Crippen molar-refractivity contribution in [2.75, 3.05) is 24.5 Å². The average Bonchev–Trinajstić information content (AvgIpc) is 2.55. The summed E-state index contributed by atoms with van der Waals surface area (Å²) in [6, 6.07) is 12.6. The standard InChI is InChI=1S/C16H15Cl3N2O2S/c17-12-3-1-11(2-4-12)16-10-20(24(22)23)7-8-21(16)15-6-5-13(18)9-14(15)19/h1-6,9,16H,7-8,10H2,(H,22,23)/p-1. The average molecular weight is 405 g/mol. The van der Waals surface area contributed by atoms with Gasteiger partial charge in [-0.05, 0) is 35.9 Å². The van der Waals surface area contributed by atoms with Gasteiger partial charge in [-0.2, -0.15) is 0 Å². The highest BCUT2D eigenvalue weighted by molar-refractivity contribution is 7.76. The number of hydrogen-bond donors (Lipinski definition) is 0. The molecule has 0 bridgehead atoms. The van der Waals surface area contributed by atoms with Gasteiger partial charge in [-0.1, -0.05) is 46.9 Å². The third-order valence-corrected chi connectivity index (χ3v) is 5.57. The Balaban J connectivity index is 1.99. The monoisotopic (exact) mass is 403 g/mol. The fourth-order valence-electron chi connectivity index (χ4n) is 2.87. The van der Waals surface area contributed by atoms with E-state index in [-0.39, 0.29) is 6.04 Å². The number of nitrogens with zero attached hydrogens (tertiary/aromatic N) is 2. The van der Waals surface area contributed by atoms with Crippen molar-refractivity contribution in [3.05, 3.63) is 63.1 Å². The number of benzene rings is 2. The van der Waals surface area contributed by atoms with Crippen molar-refractivity contribution < 1.29 is 8.76 Å². The Bertz CT molecular complexity index is 757. The maximum absolute atomic E-state index is 11.4. The van der Waals surface area contributed by atoms with Gasteiger partial charge in [0.15, 0.2) is 0 Å². The van der Waals surface area contributed by atoms with Crippen LogP contribution in [-0.4, -0.2) is 32.7 Å². The Morgan fingerprint density at radius 1 is 1.00 bits per heavy atom. The van der Waals surface area contributed by atoms with E-state index in [4.69, 9.17) is 34.8 Å². The second-order valence-corrected chi connectivity index (χ2v) is 7.69. The van der Waals surface area contributed by atoms with E-state index in [1.165, 1.54) is 4.31 Å². The van der Waals surface area contributed by atoms with E-state index in [0.717, 1.165) is 11.3 Å². The van der Waals surface area contributed by atoms with Gasteiger partial charge < -0.3 is 9.45 Å². The molecule has 0 saturated carbocycles. The molecule has 4 nitrogen and oxygen atoms in total. The van der Waals surface area contributed by atoms with Gasteiger partial charge in [0, 0.05) is 40.9 Å². The van der Waals surface area contributed by atoms with Crippen LogP contribution in [0.2, 0.25) is 15.1 Å². The summed E-state index contributed by atoms with van der Waals surface area (Å²) in [6.45, 7) is 1.28.